The maximum atomic E-state index is 12.1. The zero-order chi connectivity index (χ0) is 17.7. The van der Waals surface area contributed by atoms with Gasteiger partial charge in [0.15, 0.2) is 0 Å². The summed E-state index contributed by atoms with van der Waals surface area (Å²) in [5.41, 5.74) is 3.03. The minimum Gasteiger partial charge on any atom is -0.497 e. The maximum absolute atomic E-state index is 12.1. The number of carbonyl (C=O) groups excluding carboxylic acids is 1. The van der Waals surface area contributed by atoms with E-state index in [-0.39, 0.29) is 5.91 Å². The number of hydrogen-bond donors (Lipinski definition) is 1. The second-order valence-electron chi connectivity index (χ2n) is 5.56. The quantitative estimate of drug-likeness (QED) is 0.856. The highest BCUT2D eigenvalue weighted by molar-refractivity contribution is 6.02. The molecule has 6 heteroatoms. The summed E-state index contributed by atoms with van der Waals surface area (Å²) < 4.78 is 5.11. The van der Waals surface area contributed by atoms with Crippen LogP contribution in [0.2, 0.25) is 0 Å². The molecule has 1 aromatic carbocycles. The van der Waals surface area contributed by atoms with Gasteiger partial charge in [-0.25, -0.2) is 9.97 Å². The van der Waals surface area contributed by atoms with E-state index in [1.54, 1.807) is 13.2 Å². The van der Waals surface area contributed by atoms with E-state index in [1.807, 2.05) is 57.1 Å². The molecule has 1 aromatic heterocycles. The monoisotopic (exact) mass is 326 g/mol. The molecular weight excluding hydrogens is 304 g/mol. The van der Waals surface area contributed by atoms with Gasteiger partial charge in [0.2, 0.25) is 11.9 Å². The van der Waals surface area contributed by atoms with Gasteiger partial charge in [-0.3, -0.25) is 4.79 Å². The molecule has 2 rings (SSSR count). The lowest BCUT2D eigenvalue weighted by atomic mass is 10.2. The number of nitrogens with zero attached hydrogens (tertiary/aromatic N) is 3. The van der Waals surface area contributed by atoms with Crippen molar-refractivity contribution in [2.45, 2.75) is 13.8 Å². The van der Waals surface area contributed by atoms with E-state index in [0.29, 0.717) is 11.6 Å². The van der Waals surface area contributed by atoms with Crippen LogP contribution in [0.15, 0.2) is 30.3 Å². The highest BCUT2D eigenvalue weighted by atomic mass is 16.5. The first-order chi connectivity index (χ1) is 11.4. The molecule has 6 nitrogen and oxygen atoms in total. The molecule has 0 aliphatic rings. The molecule has 1 heterocycles. The summed E-state index contributed by atoms with van der Waals surface area (Å²) in [4.78, 5) is 22.7. The predicted octanol–water partition coefficient (Wildman–Crippen LogP) is 2.82. The largest absolute Gasteiger partial charge is 0.497 e. The lowest BCUT2D eigenvalue weighted by Crippen LogP contribution is -2.17. The molecule has 0 radical (unpaired) electrons. The summed E-state index contributed by atoms with van der Waals surface area (Å²) in [6.45, 7) is 3.70. The number of ether oxygens (including phenoxy) is 1. The average Bonchev–Trinajstić information content (AvgIpc) is 2.56. The van der Waals surface area contributed by atoms with E-state index in [4.69, 9.17) is 4.74 Å². The van der Waals surface area contributed by atoms with Gasteiger partial charge in [-0.2, -0.15) is 0 Å². The first-order valence-electron chi connectivity index (χ1n) is 7.56. The van der Waals surface area contributed by atoms with E-state index in [1.165, 1.54) is 6.08 Å². The van der Waals surface area contributed by atoms with Crippen LogP contribution in [0.25, 0.3) is 6.08 Å². The topological polar surface area (TPSA) is 67.3 Å². The van der Waals surface area contributed by atoms with Gasteiger partial charge in [-0.05, 0) is 37.6 Å². The van der Waals surface area contributed by atoms with Crippen LogP contribution in [0, 0.1) is 13.8 Å². The van der Waals surface area contributed by atoms with Crippen LogP contribution in [-0.2, 0) is 4.79 Å². The van der Waals surface area contributed by atoms with Crippen LogP contribution < -0.4 is 15.0 Å². The number of rotatable bonds is 5. The molecular formula is C18H22N4O2. The van der Waals surface area contributed by atoms with Gasteiger partial charge in [0, 0.05) is 20.2 Å². The average molecular weight is 326 g/mol. The van der Waals surface area contributed by atoms with E-state index < -0.39 is 0 Å². The highest BCUT2D eigenvalue weighted by Crippen LogP contribution is 2.19. The second-order valence-corrected chi connectivity index (χ2v) is 5.56. The second kappa shape index (κ2) is 7.59. The number of aryl methyl sites for hydroxylation is 2. The van der Waals surface area contributed by atoms with Crippen molar-refractivity contribution in [1.29, 1.82) is 0 Å². The smallest absolute Gasteiger partial charge is 0.248 e. The van der Waals surface area contributed by atoms with Crippen molar-refractivity contribution < 1.29 is 9.53 Å². The lowest BCUT2D eigenvalue weighted by molar-refractivity contribution is -0.111. The SMILES string of the molecule is COc1ccc(/C=C/C(=O)Nc2c(C)nc(N(C)C)nc2C)cc1. The number of carbonyl (C=O) groups is 1. The Kier molecular flexibility index (Phi) is 5.52. The molecule has 0 atom stereocenters. The molecule has 0 aliphatic carbocycles. The van der Waals surface area contributed by atoms with Crippen molar-refractivity contribution in [3.63, 3.8) is 0 Å². The Hall–Kier alpha value is -2.89. The Balaban J connectivity index is 2.10. The fourth-order valence-electron chi connectivity index (χ4n) is 2.13. The normalized spacial score (nSPS) is 10.7. The van der Waals surface area contributed by atoms with Gasteiger partial charge in [0.05, 0.1) is 24.2 Å². The summed E-state index contributed by atoms with van der Waals surface area (Å²) in [7, 11) is 5.38. The summed E-state index contributed by atoms with van der Waals surface area (Å²) in [5.74, 6) is 1.18. The molecule has 0 bridgehead atoms. The first kappa shape index (κ1) is 17.5. The summed E-state index contributed by atoms with van der Waals surface area (Å²) in [6.07, 6.45) is 3.23. The van der Waals surface area contributed by atoms with Crippen molar-refractivity contribution in [2.24, 2.45) is 0 Å². The number of benzene rings is 1. The van der Waals surface area contributed by atoms with Gasteiger partial charge in [-0.1, -0.05) is 12.1 Å². The van der Waals surface area contributed by atoms with Crippen LogP contribution in [-0.4, -0.2) is 37.1 Å². The van der Waals surface area contributed by atoms with Gasteiger partial charge in [0.25, 0.3) is 0 Å². The Bertz CT molecular complexity index is 729. The molecule has 0 fully saturated rings. The van der Waals surface area contributed by atoms with E-state index in [9.17, 15) is 4.79 Å². The van der Waals surface area contributed by atoms with Crippen LogP contribution in [0.3, 0.4) is 0 Å². The third kappa shape index (κ3) is 4.32. The molecule has 2 aromatic rings. The summed E-state index contributed by atoms with van der Waals surface area (Å²) >= 11 is 0. The number of amides is 1. The molecule has 126 valence electrons. The van der Waals surface area contributed by atoms with Crippen molar-refractivity contribution in [3.05, 3.63) is 47.3 Å². The Labute approximate surface area is 142 Å². The minimum atomic E-state index is -0.224. The van der Waals surface area contributed by atoms with E-state index in [0.717, 1.165) is 22.7 Å². The Morgan fingerprint density at radius 3 is 2.21 bits per heavy atom. The summed E-state index contributed by atoms with van der Waals surface area (Å²) in [5, 5.41) is 2.84. The Morgan fingerprint density at radius 1 is 1.12 bits per heavy atom. The molecule has 1 N–H and O–H groups in total. The molecule has 0 saturated carbocycles. The number of hydrogen-bond acceptors (Lipinski definition) is 5. The van der Waals surface area contributed by atoms with Crippen molar-refractivity contribution in [1.82, 2.24) is 9.97 Å². The van der Waals surface area contributed by atoms with Crippen molar-refractivity contribution >= 4 is 23.6 Å². The zero-order valence-electron chi connectivity index (χ0n) is 14.6. The number of methoxy groups -OCH3 is 1. The number of nitrogens with one attached hydrogen (secondary N) is 1. The summed E-state index contributed by atoms with van der Waals surface area (Å²) in [6, 6.07) is 7.46. The highest BCUT2D eigenvalue weighted by Gasteiger charge is 2.11. The maximum Gasteiger partial charge on any atom is 0.248 e. The predicted molar refractivity (Wildman–Crippen MR) is 96.5 cm³/mol. The number of anilines is 2. The van der Waals surface area contributed by atoms with Gasteiger partial charge in [-0.15, -0.1) is 0 Å². The fraction of sp³-hybridized carbons (Fsp3) is 0.278. The van der Waals surface area contributed by atoms with Crippen LogP contribution >= 0.6 is 0 Å². The molecule has 24 heavy (non-hydrogen) atoms. The molecule has 1 amide bonds. The van der Waals surface area contributed by atoms with Gasteiger partial charge < -0.3 is 15.0 Å². The third-order valence-corrected chi connectivity index (χ3v) is 3.45. The van der Waals surface area contributed by atoms with Crippen molar-refractivity contribution in [2.75, 3.05) is 31.4 Å². The van der Waals surface area contributed by atoms with Gasteiger partial charge >= 0.3 is 0 Å². The lowest BCUT2D eigenvalue weighted by Gasteiger charge is -2.15. The van der Waals surface area contributed by atoms with Crippen LogP contribution in [0.1, 0.15) is 17.0 Å². The van der Waals surface area contributed by atoms with E-state index in [2.05, 4.69) is 15.3 Å². The van der Waals surface area contributed by atoms with E-state index >= 15 is 0 Å². The standard InChI is InChI=1S/C18H22N4O2/c1-12-17(13(2)20-18(19-12)22(3)4)21-16(23)11-8-14-6-9-15(24-5)10-7-14/h6-11H,1-5H3,(H,21,23)/b11-8+. The molecule has 0 unspecified atom stereocenters. The fourth-order valence-corrected chi connectivity index (χ4v) is 2.13. The van der Waals surface area contributed by atoms with Gasteiger partial charge in [0.1, 0.15) is 5.75 Å². The number of aromatic nitrogens is 2. The first-order valence-corrected chi connectivity index (χ1v) is 7.56. The minimum absolute atomic E-state index is 0.224. The zero-order valence-corrected chi connectivity index (χ0v) is 14.6. The van der Waals surface area contributed by atoms with Crippen molar-refractivity contribution in [3.8, 4) is 5.75 Å². The molecule has 0 saturated heterocycles. The van der Waals surface area contributed by atoms with Crippen LogP contribution in [0.5, 0.6) is 5.75 Å². The van der Waals surface area contributed by atoms with Crippen LogP contribution in [0.4, 0.5) is 11.6 Å². The third-order valence-electron chi connectivity index (χ3n) is 3.45. The Morgan fingerprint density at radius 2 is 1.71 bits per heavy atom. The molecule has 0 aliphatic heterocycles. The molecule has 0 spiro atoms.